The van der Waals surface area contributed by atoms with E-state index in [-0.39, 0.29) is 15.9 Å². The van der Waals surface area contributed by atoms with E-state index in [1.54, 1.807) is 36.4 Å². The molecule has 0 spiro atoms. The number of halogens is 1. The second-order valence-electron chi connectivity index (χ2n) is 5.39. The second kappa shape index (κ2) is 7.17. The minimum atomic E-state index is -1.12. The predicted octanol–water partition coefficient (Wildman–Crippen LogP) is 4.97. The highest BCUT2D eigenvalue weighted by Crippen LogP contribution is 2.29. The number of carboxylic acids is 1. The number of aryl methyl sites for hydroxylation is 1. The fourth-order valence-corrected chi connectivity index (χ4v) is 3.19. The lowest BCUT2D eigenvalue weighted by Crippen LogP contribution is -2.06. The van der Waals surface area contributed by atoms with Crippen LogP contribution >= 0.6 is 23.4 Å². The minimum absolute atomic E-state index is 0.0154. The summed E-state index contributed by atoms with van der Waals surface area (Å²) in [5.74, 6) is -1.12. The highest BCUT2D eigenvalue weighted by Gasteiger charge is 2.13. The molecule has 25 heavy (non-hydrogen) atoms. The van der Waals surface area contributed by atoms with Gasteiger partial charge in [0.25, 0.3) is 0 Å². The van der Waals surface area contributed by atoms with Crippen LogP contribution in [0.1, 0.15) is 11.1 Å². The van der Waals surface area contributed by atoms with E-state index >= 15 is 0 Å². The summed E-state index contributed by atoms with van der Waals surface area (Å²) >= 11 is 6.88. The molecule has 0 unspecified atom stereocenters. The molecule has 0 bridgehead atoms. The maximum Gasteiger partial charge on any atom is 0.342 e. The van der Waals surface area contributed by atoms with E-state index in [4.69, 9.17) is 16.0 Å². The Kier molecular flexibility index (Phi) is 4.97. The van der Waals surface area contributed by atoms with Crippen molar-refractivity contribution in [2.75, 3.05) is 0 Å². The molecule has 3 rings (SSSR count). The molecule has 2 aromatic carbocycles. The summed E-state index contributed by atoms with van der Waals surface area (Å²) in [5, 5.41) is 10.4. The SMILES string of the molecule is Cc1ccc2occ(C=C(Sc3ccc(Cl)cc3)C(=O)O)c(=O)c2c1. The van der Waals surface area contributed by atoms with E-state index in [0.717, 1.165) is 17.3 Å². The van der Waals surface area contributed by atoms with Crippen molar-refractivity contribution in [1.29, 1.82) is 0 Å². The zero-order valence-corrected chi connectivity index (χ0v) is 14.7. The summed E-state index contributed by atoms with van der Waals surface area (Å²) in [6.45, 7) is 1.88. The smallest absolute Gasteiger partial charge is 0.342 e. The Morgan fingerprint density at radius 2 is 1.92 bits per heavy atom. The molecule has 0 saturated heterocycles. The van der Waals surface area contributed by atoms with Gasteiger partial charge in [0.05, 0.1) is 15.9 Å². The third kappa shape index (κ3) is 3.95. The van der Waals surface area contributed by atoms with E-state index in [1.165, 1.54) is 12.3 Å². The van der Waals surface area contributed by atoms with Crippen LogP contribution in [-0.2, 0) is 4.79 Å². The van der Waals surface area contributed by atoms with E-state index in [9.17, 15) is 14.7 Å². The van der Waals surface area contributed by atoms with Gasteiger partial charge in [-0.2, -0.15) is 0 Å². The first-order valence-electron chi connectivity index (χ1n) is 7.34. The fourth-order valence-electron chi connectivity index (χ4n) is 2.27. The molecule has 0 aliphatic heterocycles. The van der Waals surface area contributed by atoms with Gasteiger partial charge < -0.3 is 9.52 Å². The molecule has 0 fully saturated rings. The van der Waals surface area contributed by atoms with Crippen molar-refractivity contribution in [2.45, 2.75) is 11.8 Å². The van der Waals surface area contributed by atoms with Gasteiger partial charge in [0.2, 0.25) is 0 Å². The second-order valence-corrected chi connectivity index (χ2v) is 6.94. The van der Waals surface area contributed by atoms with Gasteiger partial charge in [0, 0.05) is 9.92 Å². The summed E-state index contributed by atoms with van der Waals surface area (Å²) in [6, 6.07) is 12.1. The largest absolute Gasteiger partial charge is 0.477 e. The van der Waals surface area contributed by atoms with Crippen molar-refractivity contribution in [3.8, 4) is 0 Å². The molecule has 0 saturated carbocycles. The van der Waals surface area contributed by atoms with Gasteiger partial charge >= 0.3 is 5.97 Å². The Bertz CT molecular complexity index is 1040. The molecule has 0 radical (unpaired) electrons. The van der Waals surface area contributed by atoms with E-state index in [2.05, 4.69) is 0 Å². The zero-order chi connectivity index (χ0) is 18.0. The monoisotopic (exact) mass is 372 g/mol. The quantitative estimate of drug-likeness (QED) is 0.517. The lowest BCUT2D eigenvalue weighted by molar-refractivity contribution is -0.131. The Hall–Kier alpha value is -2.50. The van der Waals surface area contributed by atoms with Crippen LogP contribution in [0.2, 0.25) is 5.02 Å². The third-order valence-electron chi connectivity index (χ3n) is 3.49. The van der Waals surface area contributed by atoms with Crippen molar-refractivity contribution >= 4 is 46.4 Å². The number of rotatable bonds is 4. The van der Waals surface area contributed by atoms with Crippen LogP contribution in [0.15, 0.2) is 67.7 Å². The number of aliphatic carboxylic acids is 1. The fraction of sp³-hybridized carbons (Fsp3) is 0.0526. The van der Waals surface area contributed by atoms with Crippen molar-refractivity contribution in [3.05, 3.63) is 80.0 Å². The van der Waals surface area contributed by atoms with E-state index in [0.29, 0.717) is 20.9 Å². The van der Waals surface area contributed by atoms with Gasteiger partial charge in [-0.1, -0.05) is 35.0 Å². The summed E-state index contributed by atoms with van der Waals surface area (Å²) in [4.78, 5) is 24.9. The number of thioether (sulfide) groups is 1. The predicted molar refractivity (Wildman–Crippen MR) is 100 cm³/mol. The first-order valence-corrected chi connectivity index (χ1v) is 8.54. The van der Waals surface area contributed by atoms with Crippen LogP contribution < -0.4 is 5.43 Å². The molecular weight excluding hydrogens is 360 g/mol. The zero-order valence-electron chi connectivity index (χ0n) is 13.2. The Labute approximate surface area is 152 Å². The number of carboxylic acid groups (broad SMARTS) is 1. The molecule has 126 valence electrons. The first kappa shape index (κ1) is 17.3. The van der Waals surface area contributed by atoms with Gasteiger partial charge in [-0.25, -0.2) is 4.79 Å². The van der Waals surface area contributed by atoms with Crippen LogP contribution in [-0.4, -0.2) is 11.1 Å². The molecule has 0 amide bonds. The topological polar surface area (TPSA) is 67.5 Å². The van der Waals surface area contributed by atoms with Gasteiger partial charge in [0.1, 0.15) is 11.8 Å². The summed E-state index contributed by atoms with van der Waals surface area (Å²) in [5.41, 5.74) is 1.32. The van der Waals surface area contributed by atoms with Crippen LogP contribution in [0.4, 0.5) is 0 Å². The van der Waals surface area contributed by atoms with E-state index < -0.39 is 5.97 Å². The maximum atomic E-state index is 12.6. The van der Waals surface area contributed by atoms with Crippen molar-refractivity contribution < 1.29 is 14.3 Å². The van der Waals surface area contributed by atoms with Crippen LogP contribution in [0.3, 0.4) is 0 Å². The highest BCUT2D eigenvalue weighted by atomic mass is 35.5. The molecule has 1 heterocycles. The molecule has 0 aliphatic carbocycles. The van der Waals surface area contributed by atoms with E-state index in [1.807, 2.05) is 13.0 Å². The van der Waals surface area contributed by atoms with Crippen molar-refractivity contribution in [2.24, 2.45) is 0 Å². The maximum absolute atomic E-state index is 12.6. The van der Waals surface area contributed by atoms with Crippen molar-refractivity contribution in [3.63, 3.8) is 0 Å². The number of benzene rings is 2. The number of hydrogen-bond donors (Lipinski definition) is 1. The molecule has 4 nitrogen and oxygen atoms in total. The number of hydrogen-bond acceptors (Lipinski definition) is 4. The number of fused-ring (bicyclic) bond motifs is 1. The van der Waals surface area contributed by atoms with Crippen LogP contribution in [0.25, 0.3) is 17.0 Å². The molecule has 6 heteroatoms. The average molecular weight is 373 g/mol. The lowest BCUT2D eigenvalue weighted by atomic mass is 10.1. The van der Waals surface area contributed by atoms with Gasteiger partial charge in [0.15, 0.2) is 5.43 Å². The van der Waals surface area contributed by atoms with Crippen LogP contribution in [0.5, 0.6) is 0 Å². The third-order valence-corrected chi connectivity index (χ3v) is 4.77. The lowest BCUT2D eigenvalue weighted by Gasteiger charge is -2.04. The van der Waals surface area contributed by atoms with Crippen LogP contribution in [0, 0.1) is 6.92 Å². The summed E-state index contributed by atoms with van der Waals surface area (Å²) < 4.78 is 5.46. The first-order chi connectivity index (χ1) is 11.9. The molecular formula is C19H13ClO4S. The molecule has 3 aromatic rings. The van der Waals surface area contributed by atoms with Gasteiger partial charge in [-0.05, 0) is 49.4 Å². The molecule has 1 N–H and O–H groups in total. The van der Waals surface area contributed by atoms with Crippen molar-refractivity contribution in [1.82, 2.24) is 0 Å². The Morgan fingerprint density at radius 1 is 1.20 bits per heavy atom. The summed E-state index contributed by atoms with van der Waals surface area (Å²) in [6.07, 6.45) is 2.61. The van der Waals surface area contributed by atoms with Gasteiger partial charge in [-0.15, -0.1) is 0 Å². The average Bonchev–Trinajstić information content (AvgIpc) is 2.58. The molecule has 1 aromatic heterocycles. The molecule has 0 atom stereocenters. The normalized spacial score (nSPS) is 11.7. The highest BCUT2D eigenvalue weighted by molar-refractivity contribution is 8.04. The molecule has 0 aliphatic rings. The minimum Gasteiger partial charge on any atom is -0.477 e. The Morgan fingerprint density at radius 3 is 2.60 bits per heavy atom. The standard InChI is InChI=1S/C19H13ClO4S/c1-11-2-7-16-15(8-11)18(21)12(10-24-16)9-17(19(22)23)25-14-5-3-13(20)4-6-14/h2-10H,1H3,(H,22,23). The number of carbonyl (C=O) groups is 1. The Balaban J connectivity index is 2.04. The van der Waals surface area contributed by atoms with Gasteiger partial charge in [-0.3, -0.25) is 4.79 Å². The summed E-state index contributed by atoms with van der Waals surface area (Å²) in [7, 11) is 0.